The van der Waals surface area contributed by atoms with Crippen molar-refractivity contribution in [3.8, 4) is 5.88 Å². The van der Waals surface area contributed by atoms with Crippen LogP contribution >= 0.6 is 11.3 Å². The summed E-state index contributed by atoms with van der Waals surface area (Å²) in [5.41, 5.74) is 5.29. The Morgan fingerprint density at radius 3 is 2.92 bits per heavy atom. The molecule has 0 aliphatic carbocycles. The highest BCUT2D eigenvalue weighted by Gasteiger charge is 2.13. The van der Waals surface area contributed by atoms with Crippen LogP contribution in [-0.2, 0) is 9.53 Å². The van der Waals surface area contributed by atoms with E-state index >= 15 is 0 Å². The fraction of sp³-hybridized carbons (Fsp3) is 0.167. The molecule has 1 aromatic rings. The number of anilines is 1. The van der Waals surface area contributed by atoms with Gasteiger partial charge >= 0.3 is 5.97 Å². The summed E-state index contributed by atoms with van der Waals surface area (Å²) in [6, 6.07) is 0. The number of hydrogen-bond donors (Lipinski definition) is 2. The van der Waals surface area contributed by atoms with Crippen molar-refractivity contribution in [2.24, 2.45) is 0 Å². The minimum atomic E-state index is -0.896. The van der Waals surface area contributed by atoms with Gasteiger partial charge in [-0.2, -0.15) is 4.98 Å². The van der Waals surface area contributed by atoms with Crippen molar-refractivity contribution in [2.75, 3.05) is 12.8 Å². The summed E-state index contributed by atoms with van der Waals surface area (Å²) < 4.78 is 8.96. The molecule has 0 aromatic carbocycles. The normalized spacial score (nSPS) is 9.31. The van der Waals surface area contributed by atoms with Crippen LogP contribution in [0.5, 0.6) is 5.88 Å². The van der Waals surface area contributed by atoms with E-state index in [0.29, 0.717) is 5.13 Å². The fourth-order valence-corrected chi connectivity index (χ4v) is 1.01. The summed E-state index contributed by atoms with van der Waals surface area (Å²) in [5.74, 6) is -1.39. The Balaban J connectivity index is 2.60. The van der Waals surface area contributed by atoms with Crippen LogP contribution < -0.4 is 10.5 Å². The van der Waals surface area contributed by atoms with Gasteiger partial charge in [-0.15, -0.1) is 11.3 Å². The van der Waals surface area contributed by atoms with E-state index in [-0.39, 0.29) is 5.88 Å². The molecular weight excluding hydrogens is 194 g/mol. The molecule has 70 valence electrons. The number of ether oxygens (including phenoxy) is 2. The van der Waals surface area contributed by atoms with E-state index in [2.05, 4.69) is 14.5 Å². The minimum Gasteiger partial charge on any atom is -0.476 e. The van der Waals surface area contributed by atoms with Gasteiger partial charge in [0.25, 0.3) is 5.90 Å². The van der Waals surface area contributed by atoms with Crippen LogP contribution in [0.2, 0.25) is 0 Å². The zero-order chi connectivity index (χ0) is 9.84. The highest BCUT2D eigenvalue weighted by molar-refractivity contribution is 7.13. The molecule has 1 rings (SSSR count). The Labute approximate surface area is 77.8 Å². The quantitative estimate of drug-likeness (QED) is 0.385. The maximum atomic E-state index is 10.9. The standard InChI is InChI=1S/C6H7N3O3S/c1-11-4(7)5(10)12-3-2-13-6(8)9-3/h2,7H,1H3,(H2,8,9). The second kappa shape index (κ2) is 3.85. The van der Waals surface area contributed by atoms with Gasteiger partial charge in [0, 0.05) is 0 Å². The first-order valence-corrected chi connectivity index (χ1v) is 4.07. The van der Waals surface area contributed by atoms with Gasteiger partial charge < -0.3 is 15.2 Å². The molecular formula is C6H7N3O3S. The number of aromatic nitrogens is 1. The van der Waals surface area contributed by atoms with E-state index < -0.39 is 11.9 Å². The fourth-order valence-electron chi connectivity index (χ4n) is 0.544. The first-order valence-electron chi connectivity index (χ1n) is 3.19. The third kappa shape index (κ3) is 2.41. The maximum absolute atomic E-state index is 10.9. The molecule has 3 N–H and O–H groups in total. The Morgan fingerprint density at radius 1 is 1.77 bits per heavy atom. The van der Waals surface area contributed by atoms with E-state index in [1.165, 1.54) is 12.5 Å². The molecule has 0 aliphatic rings. The predicted molar refractivity (Wildman–Crippen MR) is 46.9 cm³/mol. The third-order valence-electron chi connectivity index (χ3n) is 1.09. The average Bonchev–Trinajstić information content (AvgIpc) is 2.49. The number of thiazole rings is 1. The predicted octanol–water partition coefficient (Wildman–Crippen LogP) is 0.254. The first kappa shape index (κ1) is 9.46. The lowest BCUT2D eigenvalue weighted by Crippen LogP contribution is -2.20. The Bertz CT molecular complexity index is 336. The highest BCUT2D eigenvalue weighted by Crippen LogP contribution is 2.17. The Kier molecular flexibility index (Phi) is 2.80. The average molecular weight is 201 g/mol. The number of methoxy groups -OCH3 is 1. The van der Waals surface area contributed by atoms with Crippen molar-refractivity contribution < 1.29 is 14.3 Å². The number of hydrogen-bond acceptors (Lipinski definition) is 7. The van der Waals surface area contributed by atoms with Gasteiger partial charge in [0.05, 0.1) is 12.5 Å². The number of nitrogens with two attached hydrogens (primary N) is 1. The van der Waals surface area contributed by atoms with Gasteiger partial charge in [0.15, 0.2) is 5.13 Å². The molecule has 0 atom stereocenters. The topological polar surface area (TPSA) is 98.3 Å². The van der Waals surface area contributed by atoms with Gasteiger partial charge in [0.1, 0.15) is 0 Å². The lowest BCUT2D eigenvalue weighted by atomic mass is 10.6. The second-order valence-corrected chi connectivity index (χ2v) is 2.84. The van der Waals surface area contributed by atoms with Crippen molar-refractivity contribution in [1.29, 1.82) is 5.41 Å². The molecule has 0 fully saturated rings. The monoisotopic (exact) mass is 201 g/mol. The van der Waals surface area contributed by atoms with Gasteiger partial charge in [-0.25, -0.2) is 4.79 Å². The molecule has 0 unspecified atom stereocenters. The zero-order valence-electron chi connectivity index (χ0n) is 6.73. The Hall–Kier alpha value is -1.63. The summed E-state index contributed by atoms with van der Waals surface area (Å²) in [5, 5.41) is 8.71. The van der Waals surface area contributed by atoms with Crippen molar-refractivity contribution in [3.63, 3.8) is 0 Å². The van der Waals surface area contributed by atoms with E-state index in [9.17, 15) is 4.79 Å². The third-order valence-corrected chi connectivity index (χ3v) is 1.74. The van der Waals surface area contributed by atoms with Crippen LogP contribution in [0.25, 0.3) is 0 Å². The molecule has 0 radical (unpaired) electrons. The number of nitrogen functional groups attached to an aromatic ring is 1. The summed E-state index contributed by atoms with van der Waals surface area (Å²) in [6.45, 7) is 0. The van der Waals surface area contributed by atoms with E-state index in [1.807, 2.05) is 0 Å². The number of rotatable bonds is 1. The lowest BCUT2D eigenvalue weighted by Gasteiger charge is -1.99. The van der Waals surface area contributed by atoms with Gasteiger partial charge in [-0.05, 0) is 0 Å². The van der Waals surface area contributed by atoms with Gasteiger partial charge in [-0.3, -0.25) is 5.41 Å². The summed E-state index contributed by atoms with van der Waals surface area (Å²) in [7, 11) is 1.21. The summed E-state index contributed by atoms with van der Waals surface area (Å²) in [6.07, 6.45) is 0. The molecule has 0 aliphatic heterocycles. The molecule has 0 saturated heterocycles. The lowest BCUT2D eigenvalue weighted by molar-refractivity contribution is -0.128. The number of nitrogens with zero attached hydrogens (tertiary/aromatic N) is 1. The molecule has 7 heteroatoms. The number of carbonyl (C=O) groups is 1. The SMILES string of the molecule is COC(=N)C(=O)Oc1csc(N)n1. The molecule has 0 spiro atoms. The van der Waals surface area contributed by atoms with E-state index in [1.54, 1.807) is 0 Å². The van der Waals surface area contributed by atoms with Gasteiger partial charge in [0.2, 0.25) is 5.88 Å². The smallest absolute Gasteiger partial charge is 0.400 e. The largest absolute Gasteiger partial charge is 0.476 e. The van der Waals surface area contributed by atoms with Crippen LogP contribution in [-0.4, -0.2) is 24.0 Å². The van der Waals surface area contributed by atoms with Gasteiger partial charge in [-0.1, -0.05) is 0 Å². The molecule has 0 saturated carbocycles. The van der Waals surface area contributed by atoms with E-state index in [4.69, 9.17) is 11.1 Å². The Morgan fingerprint density at radius 2 is 2.46 bits per heavy atom. The van der Waals surface area contributed by atoms with Crippen LogP contribution in [0.15, 0.2) is 5.38 Å². The molecule has 13 heavy (non-hydrogen) atoms. The van der Waals surface area contributed by atoms with Crippen LogP contribution in [0.1, 0.15) is 0 Å². The van der Waals surface area contributed by atoms with Crippen LogP contribution in [0.3, 0.4) is 0 Å². The highest BCUT2D eigenvalue weighted by atomic mass is 32.1. The molecule has 1 aromatic heterocycles. The van der Waals surface area contributed by atoms with Crippen molar-refractivity contribution >= 4 is 28.3 Å². The number of nitrogens with one attached hydrogen (secondary N) is 1. The molecule has 0 bridgehead atoms. The van der Waals surface area contributed by atoms with Crippen LogP contribution in [0, 0.1) is 5.41 Å². The zero-order valence-corrected chi connectivity index (χ0v) is 7.55. The first-order chi connectivity index (χ1) is 6.13. The van der Waals surface area contributed by atoms with E-state index in [0.717, 1.165) is 11.3 Å². The van der Waals surface area contributed by atoms with Crippen molar-refractivity contribution in [3.05, 3.63) is 5.38 Å². The number of carbonyl (C=O) groups excluding carboxylic acids is 1. The summed E-state index contributed by atoms with van der Waals surface area (Å²) >= 11 is 1.14. The maximum Gasteiger partial charge on any atom is 0.400 e. The van der Waals surface area contributed by atoms with Crippen molar-refractivity contribution in [2.45, 2.75) is 0 Å². The van der Waals surface area contributed by atoms with Crippen molar-refractivity contribution in [1.82, 2.24) is 4.98 Å². The van der Waals surface area contributed by atoms with Crippen LogP contribution in [0.4, 0.5) is 5.13 Å². The number of esters is 1. The minimum absolute atomic E-state index is 0.0781. The second-order valence-electron chi connectivity index (χ2n) is 1.95. The molecule has 0 amide bonds. The molecule has 1 heterocycles. The summed E-state index contributed by atoms with van der Waals surface area (Å²) in [4.78, 5) is 14.6. The molecule has 6 nitrogen and oxygen atoms in total.